The van der Waals surface area contributed by atoms with Crippen LogP contribution in [0.5, 0.6) is 0 Å². The number of nitriles is 2. The van der Waals surface area contributed by atoms with Crippen molar-refractivity contribution in [2.24, 2.45) is 5.92 Å². The van der Waals surface area contributed by atoms with Crippen molar-refractivity contribution in [2.45, 2.75) is 20.8 Å². The predicted octanol–water partition coefficient (Wildman–Crippen LogP) is 2.17. The van der Waals surface area contributed by atoms with E-state index < -0.39 is 0 Å². The zero-order valence-electron chi connectivity index (χ0n) is 10.7. The van der Waals surface area contributed by atoms with Gasteiger partial charge in [0.1, 0.15) is 11.9 Å². The second kappa shape index (κ2) is 5.32. The van der Waals surface area contributed by atoms with Gasteiger partial charge in [-0.3, -0.25) is 0 Å². The molecule has 1 atom stereocenters. The molecule has 0 radical (unpaired) electrons. The Labute approximate surface area is 102 Å². The van der Waals surface area contributed by atoms with E-state index >= 15 is 0 Å². The maximum Gasteiger partial charge on any atom is 0.146 e. The van der Waals surface area contributed by atoms with Gasteiger partial charge < -0.3 is 4.90 Å². The van der Waals surface area contributed by atoms with Gasteiger partial charge in [-0.15, -0.1) is 0 Å². The summed E-state index contributed by atoms with van der Waals surface area (Å²) in [6, 6.07) is 6.25. The molecule has 0 amide bonds. The summed E-state index contributed by atoms with van der Waals surface area (Å²) in [7, 11) is 1.86. The van der Waals surface area contributed by atoms with E-state index in [9.17, 15) is 0 Å². The molecule has 1 unspecified atom stereocenters. The Hall–Kier alpha value is -2.07. The number of aryl methyl sites for hydroxylation is 2. The molecule has 0 bridgehead atoms. The van der Waals surface area contributed by atoms with Crippen LogP contribution < -0.4 is 4.90 Å². The summed E-state index contributed by atoms with van der Waals surface area (Å²) in [5.41, 5.74) is 2.39. The van der Waals surface area contributed by atoms with Crippen LogP contribution in [0.4, 0.5) is 5.82 Å². The second-order valence-electron chi connectivity index (χ2n) is 4.30. The summed E-state index contributed by atoms with van der Waals surface area (Å²) in [6.45, 7) is 6.23. The van der Waals surface area contributed by atoms with Gasteiger partial charge in [-0.25, -0.2) is 4.98 Å². The molecular weight excluding hydrogens is 212 g/mol. The molecule has 1 heterocycles. The minimum Gasteiger partial charge on any atom is -0.357 e. The van der Waals surface area contributed by atoms with Crippen LogP contribution in [0.3, 0.4) is 0 Å². The molecule has 0 saturated carbocycles. The topological polar surface area (TPSA) is 63.7 Å². The second-order valence-corrected chi connectivity index (χ2v) is 4.30. The van der Waals surface area contributed by atoms with Gasteiger partial charge in [-0.05, 0) is 32.4 Å². The van der Waals surface area contributed by atoms with Crippen LogP contribution in [-0.4, -0.2) is 18.6 Å². The van der Waals surface area contributed by atoms with Crippen molar-refractivity contribution in [3.8, 4) is 12.1 Å². The van der Waals surface area contributed by atoms with Gasteiger partial charge in [0, 0.05) is 19.3 Å². The predicted molar refractivity (Wildman–Crippen MR) is 66.5 cm³/mol. The molecule has 0 aliphatic heterocycles. The van der Waals surface area contributed by atoms with E-state index in [0.717, 1.165) is 11.3 Å². The summed E-state index contributed by atoms with van der Waals surface area (Å²) < 4.78 is 0. The van der Waals surface area contributed by atoms with Crippen LogP contribution in [-0.2, 0) is 0 Å². The van der Waals surface area contributed by atoms with Gasteiger partial charge in [0.05, 0.1) is 17.6 Å². The van der Waals surface area contributed by atoms with Crippen molar-refractivity contribution >= 4 is 5.82 Å². The van der Waals surface area contributed by atoms with E-state index in [1.165, 1.54) is 0 Å². The lowest BCUT2D eigenvalue weighted by atomic mass is 10.1. The lowest BCUT2D eigenvalue weighted by Crippen LogP contribution is -2.25. The van der Waals surface area contributed by atoms with Gasteiger partial charge in [0.25, 0.3) is 0 Å². The first kappa shape index (κ1) is 13.0. The fourth-order valence-electron chi connectivity index (χ4n) is 1.77. The summed E-state index contributed by atoms with van der Waals surface area (Å²) >= 11 is 0. The Morgan fingerprint density at radius 1 is 1.41 bits per heavy atom. The third kappa shape index (κ3) is 2.95. The van der Waals surface area contributed by atoms with E-state index in [1.807, 2.05) is 38.8 Å². The molecule has 0 aliphatic rings. The van der Waals surface area contributed by atoms with Gasteiger partial charge in [-0.2, -0.15) is 10.5 Å². The highest BCUT2D eigenvalue weighted by Crippen LogP contribution is 2.21. The van der Waals surface area contributed by atoms with Gasteiger partial charge >= 0.3 is 0 Å². The number of nitrogens with zero attached hydrogens (tertiary/aromatic N) is 4. The lowest BCUT2D eigenvalue weighted by molar-refractivity contribution is 0.708. The molecule has 1 aromatic rings. The minimum atomic E-state index is -0.0887. The Morgan fingerprint density at radius 2 is 2.06 bits per heavy atom. The van der Waals surface area contributed by atoms with Crippen LogP contribution in [0.25, 0.3) is 0 Å². The van der Waals surface area contributed by atoms with Crippen molar-refractivity contribution in [2.75, 3.05) is 18.5 Å². The molecule has 0 aromatic carbocycles. The van der Waals surface area contributed by atoms with Crippen molar-refractivity contribution in [3.05, 3.63) is 22.9 Å². The maximum atomic E-state index is 9.15. The number of anilines is 1. The first-order valence-electron chi connectivity index (χ1n) is 5.48. The van der Waals surface area contributed by atoms with Crippen LogP contribution in [0.1, 0.15) is 23.7 Å². The Morgan fingerprint density at radius 3 is 2.59 bits per heavy atom. The van der Waals surface area contributed by atoms with E-state index in [2.05, 4.69) is 17.1 Å². The normalized spacial score (nSPS) is 11.4. The summed E-state index contributed by atoms with van der Waals surface area (Å²) in [6.07, 6.45) is 0. The maximum absolute atomic E-state index is 9.15. The molecule has 0 saturated heterocycles. The lowest BCUT2D eigenvalue weighted by Gasteiger charge is -2.21. The number of aromatic nitrogens is 1. The quantitative estimate of drug-likeness (QED) is 0.795. The van der Waals surface area contributed by atoms with E-state index in [1.54, 1.807) is 0 Å². The summed E-state index contributed by atoms with van der Waals surface area (Å²) in [5.74, 6) is 0.571. The minimum absolute atomic E-state index is 0.0887. The Bertz CT molecular complexity index is 493. The fraction of sp³-hybridized carbons (Fsp3) is 0.462. The molecule has 0 fully saturated rings. The highest BCUT2D eigenvalue weighted by Gasteiger charge is 2.14. The molecule has 0 N–H and O–H groups in total. The van der Waals surface area contributed by atoms with E-state index in [4.69, 9.17) is 10.5 Å². The van der Waals surface area contributed by atoms with Crippen molar-refractivity contribution in [3.63, 3.8) is 0 Å². The van der Waals surface area contributed by atoms with E-state index in [-0.39, 0.29) is 5.92 Å². The van der Waals surface area contributed by atoms with Gasteiger partial charge in [-0.1, -0.05) is 0 Å². The van der Waals surface area contributed by atoms with Gasteiger partial charge in [0.2, 0.25) is 0 Å². The molecule has 1 aromatic heterocycles. The number of hydrogen-bond donors (Lipinski definition) is 0. The smallest absolute Gasteiger partial charge is 0.146 e. The largest absolute Gasteiger partial charge is 0.357 e. The number of rotatable bonds is 3. The van der Waals surface area contributed by atoms with Crippen molar-refractivity contribution in [1.29, 1.82) is 10.5 Å². The first-order chi connectivity index (χ1) is 7.99. The molecule has 4 nitrogen and oxygen atoms in total. The van der Waals surface area contributed by atoms with Crippen molar-refractivity contribution < 1.29 is 0 Å². The average Bonchev–Trinajstić information content (AvgIpc) is 2.27. The standard InChI is InChI=1S/C13H16N4/c1-9(6-14)8-17(4)13-12(7-15)10(2)5-11(3)16-13/h5,9H,8H2,1-4H3. The molecule has 4 heteroatoms. The third-order valence-electron chi connectivity index (χ3n) is 2.57. The van der Waals surface area contributed by atoms with Crippen molar-refractivity contribution in [1.82, 2.24) is 4.98 Å². The number of pyridine rings is 1. The SMILES string of the molecule is Cc1cc(C)c(C#N)c(N(C)CC(C)C#N)n1. The first-order valence-corrected chi connectivity index (χ1v) is 5.48. The Balaban J connectivity index is 3.14. The van der Waals surface area contributed by atoms with Gasteiger partial charge in [0.15, 0.2) is 0 Å². The molecular formula is C13H16N4. The summed E-state index contributed by atoms with van der Waals surface area (Å²) in [4.78, 5) is 6.25. The third-order valence-corrected chi connectivity index (χ3v) is 2.57. The highest BCUT2D eigenvalue weighted by atomic mass is 15.2. The summed E-state index contributed by atoms with van der Waals surface area (Å²) in [5, 5.41) is 18.0. The zero-order chi connectivity index (χ0) is 13.0. The average molecular weight is 228 g/mol. The zero-order valence-corrected chi connectivity index (χ0v) is 10.7. The van der Waals surface area contributed by atoms with Crippen LogP contribution in [0, 0.1) is 42.4 Å². The van der Waals surface area contributed by atoms with E-state index in [0.29, 0.717) is 17.9 Å². The molecule has 17 heavy (non-hydrogen) atoms. The van der Waals surface area contributed by atoms with Crippen LogP contribution >= 0.6 is 0 Å². The monoisotopic (exact) mass is 228 g/mol. The molecule has 1 rings (SSSR count). The fourth-order valence-corrected chi connectivity index (χ4v) is 1.77. The molecule has 88 valence electrons. The Kier molecular flexibility index (Phi) is 4.06. The highest BCUT2D eigenvalue weighted by molar-refractivity contribution is 5.57. The van der Waals surface area contributed by atoms with Crippen LogP contribution in [0.2, 0.25) is 0 Å². The number of hydrogen-bond acceptors (Lipinski definition) is 4. The molecule has 0 spiro atoms. The van der Waals surface area contributed by atoms with Crippen LogP contribution in [0.15, 0.2) is 6.07 Å². The molecule has 0 aliphatic carbocycles.